The van der Waals surface area contributed by atoms with Crippen LogP contribution in [0.3, 0.4) is 0 Å². The third-order valence-electron chi connectivity index (χ3n) is 4.38. The molecule has 0 bridgehead atoms. The van der Waals surface area contributed by atoms with Crippen molar-refractivity contribution in [2.45, 2.75) is 44.9 Å². The average Bonchev–Trinajstić information content (AvgIpc) is 3.02. The van der Waals surface area contributed by atoms with E-state index in [2.05, 4.69) is 31.4 Å². The fourth-order valence-corrected chi connectivity index (χ4v) is 3.77. The van der Waals surface area contributed by atoms with Gasteiger partial charge in [0.25, 0.3) is 5.91 Å². The van der Waals surface area contributed by atoms with E-state index in [1.54, 1.807) is 18.3 Å². The molecule has 1 heterocycles. The highest BCUT2D eigenvalue weighted by Gasteiger charge is 2.24. The van der Waals surface area contributed by atoms with Crippen molar-refractivity contribution in [2.75, 3.05) is 5.32 Å². The van der Waals surface area contributed by atoms with Gasteiger partial charge in [0.1, 0.15) is 0 Å². The lowest BCUT2D eigenvalue weighted by atomic mass is 9.85. The third kappa shape index (κ3) is 3.42. The second kappa shape index (κ2) is 6.74. The van der Waals surface area contributed by atoms with E-state index in [0.29, 0.717) is 21.6 Å². The Balaban J connectivity index is 1.83. The number of aryl methyl sites for hydroxylation is 1. The second-order valence-electron chi connectivity index (χ2n) is 6.13. The molecule has 1 aromatic carbocycles. The molecule has 1 saturated carbocycles. The highest BCUT2D eigenvalue weighted by Crippen LogP contribution is 2.35. The number of carbonyl (C=O) groups is 1. The van der Waals surface area contributed by atoms with E-state index in [1.807, 2.05) is 6.92 Å². The zero-order chi connectivity index (χ0) is 16.4. The number of amides is 1. The van der Waals surface area contributed by atoms with E-state index < -0.39 is 0 Å². The summed E-state index contributed by atoms with van der Waals surface area (Å²) < 4.78 is 0.562. The molecule has 0 spiro atoms. The molecule has 1 aromatic heterocycles. The average molecular weight is 378 g/mol. The van der Waals surface area contributed by atoms with Crippen LogP contribution < -0.4 is 5.32 Å². The molecule has 0 saturated heterocycles. The van der Waals surface area contributed by atoms with Crippen LogP contribution in [0.15, 0.2) is 22.8 Å². The first kappa shape index (κ1) is 16.1. The molecule has 2 aromatic rings. The van der Waals surface area contributed by atoms with E-state index in [4.69, 9.17) is 0 Å². The first-order valence-corrected chi connectivity index (χ1v) is 8.69. The van der Waals surface area contributed by atoms with Crippen molar-refractivity contribution in [3.05, 3.63) is 39.6 Å². The first-order chi connectivity index (χ1) is 11.1. The number of phenolic OH excluding ortho intramolecular Hbond substituents is 1. The van der Waals surface area contributed by atoms with Crippen LogP contribution >= 0.6 is 15.9 Å². The van der Waals surface area contributed by atoms with Crippen molar-refractivity contribution in [2.24, 2.45) is 0 Å². The van der Waals surface area contributed by atoms with Crippen LogP contribution in [0.1, 0.15) is 59.6 Å². The van der Waals surface area contributed by atoms with Crippen molar-refractivity contribution in [3.8, 4) is 5.75 Å². The Bertz CT molecular complexity index is 721. The van der Waals surface area contributed by atoms with Crippen LogP contribution in [-0.4, -0.2) is 21.2 Å². The van der Waals surface area contributed by atoms with Gasteiger partial charge >= 0.3 is 0 Å². The van der Waals surface area contributed by atoms with Gasteiger partial charge in [0.05, 0.1) is 27.6 Å². The number of carbonyl (C=O) groups excluding carboxylic acids is 1. The zero-order valence-electron chi connectivity index (χ0n) is 13.0. The maximum absolute atomic E-state index is 12.6. The molecule has 0 radical (unpaired) electrons. The number of nitrogens with zero attached hydrogens (tertiary/aromatic N) is 1. The summed E-state index contributed by atoms with van der Waals surface area (Å²) in [5, 5.41) is 20.0. The molecule has 1 aliphatic carbocycles. The molecule has 122 valence electrons. The van der Waals surface area contributed by atoms with Gasteiger partial charge in [0.2, 0.25) is 0 Å². The summed E-state index contributed by atoms with van der Waals surface area (Å²) in [5.41, 5.74) is 2.82. The predicted molar refractivity (Wildman–Crippen MR) is 92.9 cm³/mol. The molecule has 5 nitrogen and oxygen atoms in total. The topological polar surface area (TPSA) is 78.0 Å². The smallest absolute Gasteiger partial charge is 0.259 e. The number of phenols is 1. The van der Waals surface area contributed by atoms with Gasteiger partial charge in [-0.3, -0.25) is 9.89 Å². The number of anilines is 1. The zero-order valence-corrected chi connectivity index (χ0v) is 14.6. The van der Waals surface area contributed by atoms with E-state index in [0.717, 1.165) is 24.1 Å². The Morgan fingerprint density at radius 1 is 1.35 bits per heavy atom. The summed E-state index contributed by atoms with van der Waals surface area (Å²) in [5.74, 6) is 0.156. The summed E-state index contributed by atoms with van der Waals surface area (Å²) >= 11 is 3.29. The molecule has 3 N–H and O–H groups in total. The number of halogens is 1. The largest absolute Gasteiger partial charge is 0.505 e. The number of H-pyrrole nitrogens is 1. The SMILES string of the molecule is Cc1cc(Br)c(O)c(NC(=O)c2cn[nH]c2C2CCCCC2)c1. The number of aromatic amines is 1. The number of hydrogen-bond acceptors (Lipinski definition) is 3. The maximum atomic E-state index is 12.6. The normalized spacial score (nSPS) is 15.6. The minimum atomic E-state index is -0.243. The summed E-state index contributed by atoms with van der Waals surface area (Å²) in [6, 6.07) is 3.55. The fraction of sp³-hybridized carbons (Fsp3) is 0.412. The maximum Gasteiger partial charge on any atom is 0.259 e. The van der Waals surface area contributed by atoms with Gasteiger partial charge in [-0.2, -0.15) is 5.10 Å². The van der Waals surface area contributed by atoms with Crippen LogP contribution in [-0.2, 0) is 0 Å². The monoisotopic (exact) mass is 377 g/mol. The number of benzene rings is 1. The molecule has 3 rings (SSSR count). The van der Waals surface area contributed by atoms with Crippen molar-refractivity contribution >= 4 is 27.5 Å². The summed E-state index contributed by atoms with van der Waals surface area (Å²) in [6.07, 6.45) is 7.39. The van der Waals surface area contributed by atoms with Crippen LogP contribution in [0.25, 0.3) is 0 Å². The molecule has 6 heteroatoms. The first-order valence-electron chi connectivity index (χ1n) is 7.90. The Hall–Kier alpha value is -1.82. The van der Waals surface area contributed by atoms with E-state index >= 15 is 0 Å². The van der Waals surface area contributed by atoms with Gasteiger partial charge in [-0.25, -0.2) is 0 Å². The summed E-state index contributed by atoms with van der Waals surface area (Å²) in [4.78, 5) is 12.6. The quantitative estimate of drug-likeness (QED) is 0.689. The molecule has 0 atom stereocenters. The number of aromatic hydroxyl groups is 1. The van der Waals surface area contributed by atoms with Gasteiger partial charge in [-0.15, -0.1) is 0 Å². The summed E-state index contributed by atoms with van der Waals surface area (Å²) in [7, 11) is 0. The van der Waals surface area contributed by atoms with Crippen LogP contribution in [0.5, 0.6) is 5.75 Å². The predicted octanol–water partition coefficient (Wildman–Crippen LogP) is 4.49. The molecule has 1 amide bonds. The second-order valence-corrected chi connectivity index (χ2v) is 6.98. The molecule has 1 fully saturated rings. The number of aromatic nitrogens is 2. The van der Waals surface area contributed by atoms with E-state index in [9.17, 15) is 9.90 Å². The van der Waals surface area contributed by atoms with Gasteiger partial charge in [0.15, 0.2) is 5.75 Å². The van der Waals surface area contributed by atoms with Crippen LogP contribution in [0.2, 0.25) is 0 Å². The lowest BCUT2D eigenvalue weighted by Gasteiger charge is -2.21. The summed E-state index contributed by atoms with van der Waals surface area (Å²) in [6.45, 7) is 1.91. The molecule has 1 aliphatic rings. The Kier molecular flexibility index (Phi) is 4.71. The van der Waals surface area contributed by atoms with E-state index in [-0.39, 0.29) is 11.7 Å². The highest BCUT2D eigenvalue weighted by atomic mass is 79.9. The molecular weight excluding hydrogens is 358 g/mol. The van der Waals surface area contributed by atoms with Crippen molar-refractivity contribution in [1.82, 2.24) is 10.2 Å². The lowest BCUT2D eigenvalue weighted by molar-refractivity contribution is 0.102. The fourth-order valence-electron chi connectivity index (χ4n) is 3.20. The Morgan fingerprint density at radius 2 is 2.09 bits per heavy atom. The van der Waals surface area contributed by atoms with Crippen molar-refractivity contribution < 1.29 is 9.90 Å². The van der Waals surface area contributed by atoms with E-state index in [1.165, 1.54) is 19.3 Å². The minimum Gasteiger partial charge on any atom is -0.505 e. The number of nitrogens with one attached hydrogen (secondary N) is 2. The van der Waals surface area contributed by atoms with Gasteiger partial charge < -0.3 is 10.4 Å². The third-order valence-corrected chi connectivity index (χ3v) is 4.99. The standard InChI is InChI=1S/C17H20BrN3O2/c1-10-7-13(18)16(22)14(8-10)20-17(23)12-9-19-21-15(12)11-5-3-2-4-6-11/h7-9,11,22H,2-6H2,1H3,(H,19,21)(H,20,23). The highest BCUT2D eigenvalue weighted by molar-refractivity contribution is 9.10. The molecule has 0 aliphatic heterocycles. The molecule has 0 unspecified atom stereocenters. The number of hydrogen-bond donors (Lipinski definition) is 3. The van der Waals surface area contributed by atoms with Crippen LogP contribution in [0.4, 0.5) is 5.69 Å². The Labute approximate surface area is 143 Å². The number of rotatable bonds is 3. The van der Waals surface area contributed by atoms with Gasteiger partial charge in [0, 0.05) is 5.92 Å². The molecule has 23 heavy (non-hydrogen) atoms. The minimum absolute atomic E-state index is 0.0339. The Morgan fingerprint density at radius 3 is 2.83 bits per heavy atom. The molecular formula is C17H20BrN3O2. The lowest BCUT2D eigenvalue weighted by Crippen LogP contribution is -2.16. The van der Waals surface area contributed by atoms with Crippen molar-refractivity contribution in [3.63, 3.8) is 0 Å². The van der Waals surface area contributed by atoms with Crippen molar-refractivity contribution in [1.29, 1.82) is 0 Å². The van der Waals surface area contributed by atoms with Gasteiger partial charge in [-0.1, -0.05) is 19.3 Å². The van der Waals surface area contributed by atoms with Gasteiger partial charge in [-0.05, 0) is 53.4 Å². The van der Waals surface area contributed by atoms with Crippen LogP contribution in [0, 0.1) is 6.92 Å².